The number of rotatable bonds is 6. The van der Waals surface area contributed by atoms with Crippen molar-refractivity contribution in [3.63, 3.8) is 0 Å². The molecule has 1 aromatic rings. The fraction of sp³-hybridized carbons (Fsp3) is 0.750. The van der Waals surface area contributed by atoms with Crippen LogP contribution in [0.5, 0.6) is 0 Å². The predicted molar refractivity (Wildman–Crippen MR) is 89.0 cm³/mol. The van der Waals surface area contributed by atoms with E-state index in [2.05, 4.69) is 49.9 Å². The van der Waals surface area contributed by atoms with Crippen LogP contribution in [0.1, 0.15) is 58.8 Å². The van der Waals surface area contributed by atoms with E-state index in [9.17, 15) is 5.11 Å². The van der Waals surface area contributed by atoms with Gasteiger partial charge in [-0.2, -0.15) is 0 Å². The lowest BCUT2D eigenvalue weighted by molar-refractivity contribution is 0.114. The van der Waals surface area contributed by atoms with E-state index in [-0.39, 0.29) is 11.5 Å². The standard InChI is InChI=1S/C16H28ClN3O/c1-7-11(8-2)12(21)9-18-14-10(3)13(17)19-15(20-14)16(4,5)6/h11-12,21H,7-9H2,1-6H3,(H,18,19,20). The van der Waals surface area contributed by atoms with Gasteiger partial charge in [-0.25, -0.2) is 9.97 Å². The largest absolute Gasteiger partial charge is 0.391 e. The predicted octanol–water partition coefficient (Wildman–Crippen LogP) is 3.94. The molecule has 0 spiro atoms. The molecule has 120 valence electrons. The van der Waals surface area contributed by atoms with Gasteiger partial charge in [0.05, 0.1) is 6.10 Å². The Labute approximate surface area is 133 Å². The van der Waals surface area contributed by atoms with Crippen molar-refractivity contribution < 1.29 is 5.11 Å². The summed E-state index contributed by atoms with van der Waals surface area (Å²) in [5.41, 5.74) is 0.656. The van der Waals surface area contributed by atoms with Crippen molar-refractivity contribution in [1.29, 1.82) is 0 Å². The molecule has 1 rings (SSSR count). The zero-order chi connectivity index (χ0) is 16.2. The van der Waals surface area contributed by atoms with Crippen LogP contribution in [-0.2, 0) is 5.41 Å². The van der Waals surface area contributed by atoms with Crippen LogP contribution >= 0.6 is 11.6 Å². The summed E-state index contributed by atoms with van der Waals surface area (Å²) in [6, 6.07) is 0. The van der Waals surface area contributed by atoms with Crippen LogP contribution in [0.3, 0.4) is 0 Å². The molecule has 21 heavy (non-hydrogen) atoms. The van der Waals surface area contributed by atoms with Gasteiger partial charge in [0.1, 0.15) is 16.8 Å². The van der Waals surface area contributed by atoms with Crippen molar-refractivity contribution >= 4 is 17.4 Å². The Kier molecular flexibility index (Phi) is 6.41. The smallest absolute Gasteiger partial charge is 0.137 e. The van der Waals surface area contributed by atoms with Gasteiger partial charge in [0, 0.05) is 17.5 Å². The number of aliphatic hydroxyl groups is 1. The summed E-state index contributed by atoms with van der Waals surface area (Å²) in [5.74, 6) is 1.72. The third kappa shape index (κ3) is 4.82. The summed E-state index contributed by atoms with van der Waals surface area (Å²) in [6.45, 7) is 12.7. The van der Waals surface area contributed by atoms with Crippen LogP contribution in [0.4, 0.5) is 5.82 Å². The molecule has 1 heterocycles. The van der Waals surface area contributed by atoms with Crippen molar-refractivity contribution in [3.05, 3.63) is 16.5 Å². The monoisotopic (exact) mass is 313 g/mol. The quantitative estimate of drug-likeness (QED) is 0.781. The van der Waals surface area contributed by atoms with Crippen molar-refractivity contribution in [2.24, 2.45) is 5.92 Å². The topological polar surface area (TPSA) is 58.0 Å². The van der Waals surface area contributed by atoms with Crippen LogP contribution in [0, 0.1) is 12.8 Å². The fourth-order valence-electron chi connectivity index (χ4n) is 2.20. The highest BCUT2D eigenvalue weighted by Crippen LogP contribution is 2.26. The lowest BCUT2D eigenvalue weighted by Gasteiger charge is -2.23. The molecule has 1 unspecified atom stereocenters. The lowest BCUT2D eigenvalue weighted by Crippen LogP contribution is -2.28. The van der Waals surface area contributed by atoms with Crippen LogP contribution in [0.2, 0.25) is 5.15 Å². The molecule has 0 aliphatic heterocycles. The summed E-state index contributed by atoms with van der Waals surface area (Å²) in [7, 11) is 0. The number of aromatic nitrogens is 2. The third-order valence-corrected chi connectivity index (χ3v) is 4.20. The van der Waals surface area contributed by atoms with Crippen molar-refractivity contribution in [1.82, 2.24) is 9.97 Å². The molecule has 0 radical (unpaired) electrons. The summed E-state index contributed by atoms with van der Waals surface area (Å²) < 4.78 is 0. The normalized spacial score (nSPS) is 13.6. The van der Waals surface area contributed by atoms with Crippen molar-refractivity contribution in [2.75, 3.05) is 11.9 Å². The van der Waals surface area contributed by atoms with Gasteiger partial charge in [0.25, 0.3) is 0 Å². The summed E-state index contributed by atoms with van der Waals surface area (Å²) in [5, 5.41) is 13.9. The highest BCUT2D eigenvalue weighted by atomic mass is 35.5. The van der Waals surface area contributed by atoms with Gasteiger partial charge in [-0.3, -0.25) is 0 Å². The van der Waals surface area contributed by atoms with Crippen LogP contribution in [-0.4, -0.2) is 27.7 Å². The van der Waals surface area contributed by atoms with Crippen molar-refractivity contribution in [2.45, 2.75) is 65.9 Å². The number of hydrogen-bond acceptors (Lipinski definition) is 4. The van der Waals surface area contributed by atoms with Gasteiger partial charge < -0.3 is 10.4 Å². The average Bonchev–Trinajstić information content (AvgIpc) is 2.40. The Morgan fingerprint density at radius 2 is 1.76 bits per heavy atom. The van der Waals surface area contributed by atoms with Gasteiger partial charge in [-0.05, 0) is 12.8 Å². The minimum atomic E-state index is -0.383. The minimum absolute atomic E-state index is 0.165. The zero-order valence-corrected chi connectivity index (χ0v) is 14.8. The highest BCUT2D eigenvalue weighted by Gasteiger charge is 2.21. The second-order valence-corrected chi connectivity index (χ2v) is 6.94. The van der Waals surface area contributed by atoms with E-state index in [1.807, 2.05) is 6.92 Å². The van der Waals surface area contributed by atoms with E-state index in [0.29, 0.717) is 29.3 Å². The molecule has 5 heteroatoms. The number of anilines is 1. The molecular formula is C16H28ClN3O. The summed E-state index contributed by atoms with van der Waals surface area (Å²) >= 11 is 6.20. The minimum Gasteiger partial charge on any atom is -0.391 e. The molecule has 0 saturated heterocycles. The first kappa shape index (κ1) is 18.2. The zero-order valence-electron chi connectivity index (χ0n) is 14.0. The second kappa shape index (κ2) is 7.41. The van der Waals surface area contributed by atoms with Gasteiger partial charge in [0.15, 0.2) is 0 Å². The fourth-order valence-corrected chi connectivity index (χ4v) is 2.37. The summed E-state index contributed by atoms with van der Waals surface area (Å²) in [6.07, 6.45) is 1.55. The number of nitrogens with one attached hydrogen (secondary N) is 1. The maximum atomic E-state index is 10.2. The van der Waals surface area contributed by atoms with E-state index in [4.69, 9.17) is 11.6 Å². The van der Waals surface area contributed by atoms with E-state index in [0.717, 1.165) is 18.4 Å². The maximum Gasteiger partial charge on any atom is 0.137 e. The van der Waals surface area contributed by atoms with Crippen LogP contribution in [0.25, 0.3) is 0 Å². The molecule has 0 bridgehead atoms. The van der Waals surface area contributed by atoms with E-state index in [1.165, 1.54) is 0 Å². The average molecular weight is 314 g/mol. The molecule has 0 aliphatic carbocycles. The maximum absolute atomic E-state index is 10.2. The van der Waals surface area contributed by atoms with Crippen LogP contribution in [0.15, 0.2) is 0 Å². The molecular weight excluding hydrogens is 286 g/mol. The van der Waals surface area contributed by atoms with Crippen molar-refractivity contribution in [3.8, 4) is 0 Å². The molecule has 0 aliphatic rings. The first-order valence-corrected chi connectivity index (χ1v) is 8.05. The Balaban J connectivity index is 2.90. The molecule has 0 saturated carbocycles. The highest BCUT2D eigenvalue weighted by molar-refractivity contribution is 6.30. The molecule has 1 atom stereocenters. The Bertz CT molecular complexity index is 467. The third-order valence-electron chi connectivity index (χ3n) is 3.83. The summed E-state index contributed by atoms with van der Waals surface area (Å²) in [4.78, 5) is 8.92. The number of nitrogens with zero attached hydrogens (tertiary/aromatic N) is 2. The van der Waals surface area contributed by atoms with Gasteiger partial charge >= 0.3 is 0 Å². The van der Waals surface area contributed by atoms with Gasteiger partial charge in [-0.1, -0.05) is 59.1 Å². The van der Waals surface area contributed by atoms with E-state index < -0.39 is 0 Å². The molecule has 4 nitrogen and oxygen atoms in total. The second-order valence-electron chi connectivity index (χ2n) is 6.59. The molecule has 0 aromatic carbocycles. The first-order chi connectivity index (χ1) is 9.70. The molecule has 0 amide bonds. The Hall–Kier alpha value is -0.870. The van der Waals surface area contributed by atoms with Gasteiger partial charge in [0.2, 0.25) is 0 Å². The molecule has 0 fully saturated rings. The van der Waals surface area contributed by atoms with Crippen LogP contribution < -0.4 is 5.32 Å². The first-order valence-electron chi connectivity index (χ1n) is 7.67. The van der Waals surface area contributed by atoms with Gasteiger partial charge in [-0.15, -0.1) is 0 Å². The lowest BCUT2D eigenvalue weighted by atomic mass is 9.95. The number of halogens is 1. The number of hydrogen-bond donors (Lipinski definition) is 2. The van der Waals surface area contributed by atoms with E-state index >= 15 is 0 Å². The molecule has 2 N–H and O–H groups in total. The number of aliphatic hydroxyl groups excluding tert-OH is 1. The Morgan fingerprint density at radius 1 is 1.19 bits per heavy atom. The Morgan fingerprint density at radius 3 is 2.24 bits per heavy atom. The SMILES string of the molecule is CCC(CC)C(O)CNc1nc(C(C)(C)C)nc(Cl)c1C. The van der Waals surface area contributed by atoms with E-state index in [1.54, 1.807) is 0 Å². The molecule has 1 aromatic heterocycles.